The highest BCUT2D eigenvalue weighted by Gasteiger charge is 2.34. The summed E-state index contributed by atoms with van der Waals surface area (Å²) in [5.74, 6) is -0.135. The van der Waals surface area contributed by atoms with Crippen LogP contribution in [-0.2, 0) is 6.54 Å². The molecule has 1 aliphatic carbocycles. The third-order valence-corrected chi connectivity index (χ3v) is 4.68. The number of carbonyl (C=O) groups is 1. The molecular weight excluding hydrogens is 268 g/mol. The van der Waals surface area contributed by atoms with Crippen molar-refractivity contribution in [1.29, 1.82) is 0 Å². The van der Waals surface area contributed by atoms with Gasteiger partial charge in [0.2, 0.25) is 0 Å². The van der Waals surface area contributed by atoms with E-state index in [1.807, 2.05) is 17.6 Å². The number of para-hydroxylation sites is 1. The standard InChI is InChI=1S/C16H20N2O3/c1-11-17-13-6-4-5-12(15(20)21)14(13)18(11)9-16(10-19)7-2-3-8-16/h4-6,19H,2-3,7-10H2,1H3,(H,20,21). The SMILES string of the molecule is Cc1nc2cccc(C(=O)O)c2n1CC1(CO)CCCC1. The first-order valence-electron chi connectivity index (χ1n) is 7.36. The van der Waals surface area contributed by atoms with Crippen molar-refractivity contribution in [3.8, 4) is 0 Å². The minimum Gasteiger partial charge on any atom is -0.478 e. The normalized spacial score (nSPS) is 17.4. The highest BCUT2D eigenvalue weighted by atomic mass is 16.4. The molecular formula is C16H20N2O3. The fourth-order valence-corrected chi connectivity index (χ4v) is 3.49. The Labute approximate surface area is 123 Å². The van der Waals surface area contributed by atoms with E-state index in [9.17, 15) is 15.0 Å². The Morgan fingerprint density at radius 2 is 2.10 bits per heavy atom. The van der Waals surface area contributed by atoms with Gasteiger partial charge in [0, 0.05) is 12.0 Å². The number of carboxylic acids is 1. The molecule has 1 saturated carbocycles. The van der Waals surface area contributed by atoms with Crippen LogP contribution >= 0.6 is 0 Å². The molecule has 0 bridgehead atoms. The van der Waals surface area contributed by atoms with Gasteiger partial charge in [-0.3, -0.25) is 0 Å². The molecule has 0 amide bonds. The summed E-state index contributed by atoms with van der Waals surface area (Å²) in [6.45, 7) is 2.67. The quantitative estimate of drug-likeness (QED) is 0.906. The van der Waals surface area contributed by atoms with Crippen molar-refractivity contribution < 1.29 is 15.0 Å². The molecule has 112 valence electrons. The first-order valence-corrected chi connectivity index (χ1v) is 7.36. The van der Waals surface area contributed by atoms with Crippen LogP contribution in [0, 0.1) is 12.3 Å². The molecule has 0 aliphatic heterocycles. The number of aliphatic hydroxyl groups excluding tert-OH is 1. The smallest absolute Gasteiger partial charge is 0.337 e. The van der Waals surface area contributed by atoms with Crippen LogP contribution in [0.2, 0.25) is 0 Å². The Morgan fingerprint density at radius 1 is 1.38 bits per heavy atom. The van der Waals surface area contributed by atoms with Crippen molar-refractivity contribution in [2.24, 2.45) is 5.41 Å². The first kappa shape index (κ1) is 14.1. The van der Waals surface area contributed by atoms with E-state index in [4.69, 9.17) is 0 Å². The Hall–Kier alpha value is -1.88. The van der Waals surface area contributed by atoms with Crippen molar-refractivity contribution in [3.05, 3.63) is 29.6 Å². The van der Waals surface area contributed by atoms with Crippen molar-refractivity contribution >= 4 is 17.0 Å². The van der Waals surface area contributed by atoms with Crippen LogP contribution in [0.15, 0.2) is 18.2 Å². The molecule has 2 N–H and O–H groups in total. The van der Waals surface area contributed by atoms with Gasteiger partial charge in [-0.25, -0.2) is 9.78 Å². The molecule has 1 aliphatic rings. The lowest BCUT2D eigenvalue weighted by atomic mass is 9.87. The fourth-order valence-electron chi connectivity index (χ4n) is 3.49. The molecule has 5 nitrogen and oxygen atoms in total. The summed E-state index contributed by atoms with van der Waals surface area (Å²) in [6.07, 6.45) is 4.21. The zero-order valence-corrected chi connectivity index (χ0v) is 12.2. The van der Waals surface area contributed by atoms with Crippen LogP contribution < -0.4 is 0 Å². The van der Waals surface area contributed by atoms with Crippen molar-refractivity contribution in [3.63, 3.8) is 0 Å². The van der Waals surface area contributed by atoms with E-state index in [2.05, 4.69) is 4.98 Å². The molecule has 0 saturated heterocycles. The maximum absolute atomic E-state index is 11.5. The zero-order valence-electron chi connectivity index (χ0n) is 12.2. The van der Waals surface area contributed by atoms with Crippen LogP contribution in [0.4, 0.5) is 0 Å². The summed E-state index contributed by atoms with van der Waals surface area (Å²) < 4.78 is 1.97. The second kappa shape index (κ2) is 5.15. The molecule has 3 rings (SSSR count). The minimum absolute atomic E-state index is 0.135. The number of aryl methyl sites for hydroxylation is 1. The van der Waals surface area contributed by atoms with Gasteiger partial charge in [0.05, 0.1) is 23.2 Å². The Kier molecular flexibility index (Phi) is 3.45. The average Bonchev–Trinajstić information content (AvgIpc) is 3.05. The van der Waals surface area contributed by atoms with E-state index in [0.717, 1.165) is 31.5 Å². The summed E-state index contributed by atoms with van der Waals surface area (Å²) in [5.41, 5.74) is 1.52. The van der Waals surface area contributed by atoms with E-state index in [1.54, 1.807) is 12.1 Å². The number of hydrogen-bond acceptors (Lipinski definition) is 3. The monoisotopic (exact) mass is 288 g/mol. The van der Waals surface area contributed by atoms with Gasteiger partial charge in [-0.05, 0) is 31.9 Å². The van der Waals surface area contributed by atoms with Crippen LogP contribution in [0.1, 0.15) is 41.9 Å². The van der Waals surface area contributed by atoms with E-state index >= 15 is 0 Å². The molecule has 1 fully saturated rings. The van der Waals surface area contributed by atoms with Gasteiger partial charge in [0.1, 0.15) is 5.82 Å². The highest BCUT2D eigenvalue weighted by Crippen LogP contribution is 2.40. The van der Waals surface area contributed by atoms with Gasteiger partial charge in [-0.15, -0.1) is 0 Å². The minimum atomic E-state index is -0.939. The molecule has 1 heterocycles. The number of imidazole rings is 1. The van der Waals surface area contributed by atoms with Gasteiger partial charge in [0.15, 0.2) is 0 Å². The van der Waals surface area contributed by atoms with Crippen LogP contribution in [0.5, 0.6) is 0 Å². The third-order valence-electron chi connectivity index (χ3n) is 4.68. The lowest BCUT2D eigenvalue weighted by Crippen LogP contribution is -2.28. The van der Waals surface area contributed by atoms with E-state index in [1.165, 1.54) is 0 Å². The van der Waals surface area contributed by atoms with Gasteiger partial charge in [-0.1, -0.05) is 18.9 Å². The average molecular weight is 288 g/mol. The number of aromatic nitrogens is 2. The Morgan fingerprint density at radius 3 is 2.71 bits per heavy atom. The maximum atomic E-state index is 11.5. The number of aromatic carboxylic acids is 1. The van der Waals surface area contributed by atoms with Gasteiger partial charge < -0.3 is 14.8 Å². The van der Waals surface area contributed by atoms with Gasteiger partial charge in [0.25, 0.3) is 0 Å². The number of rotatable bonds is 4. The van der Waals surface area contributed by atoms with E-state index in [0.29, 0.717) is 17.6 Å². The molecule has 1 aromatic heterocycles. The molecule has 5 heteroatoms. The second-order valence-electron chi connectivity index (χ2n) is 6.09. The number of nitrogens with zero attached hydrogens (tertiary/aromatic N) is 2. The van der Waals surface area contributed by atoms with E-state index in [-0.39, 0.29) is 17.6 Å². The zero-order chi connectivity index (χ0) is 15.0. The van der Waals surface area contributed by atoms with Crippen molar-refractivity contribution in [2.75, 3.05) is 6.61 Å². The van der Waals surface area contributed by atoms with Crippen LogP contribution in [-0.4, -0.2) is 32.3 Å². The predicted octanol–water partition coefficient (Wildman–Crippen LogP) is 2.60. The summed E-state index contributed by atoms with van der Waals surface area (Å²) in [5, 5.41) is 19.2. The Balaban J connectivity index is 2.13. The predicted molar refractivity (Wildman–Crippen MR) is 79.4 cm³/mol. The summed E-state index contributed by atoms with van der Waals surface area (Å²) in [7, 11) is 0. The van der Waals surface area contributed by atoms with Crippen molar-refractivity contribution in [1.82, 2.24) is 9.55 Å². The lowest BCUT2D eigenvalue weighted by molar-refractivity contribution is 0.0698. The van der Waals surface area contributed by atoms with Crippen molar-refractivity contribution in [2.45, 2.75) is 39.2 Å². The van der Waals surface area contributed by atoms with Gasteiger partial charge in [-0.2, -0.15) is 0 Å². The lowest BCUT2D eigenvalue weighted by Gasteiger charge is -2.28. The van der Waals surface area contributed by atoms with Gasteiger partial charge >= 0.3 is 5.97 Å². The van der Waals surface area contributed by atoms with Crippen LogP contribution in [0.25, 0.3) is 11.0 Å². The maximum Gasteiger partial charge on any atom is 0.337 e. The topological polar surface area (TPSA) is 75.3 Å². The summed E-state index contributed by atoms with van der Waals surface area (Å²) in [6, 6.07) is 5.17. The first-order chi connectivity index (χ1) is 10.1. The van der Waals surface area contributed by atoms with Crippen LogP contribution in [0.3, 0.4) is 0 Å². The number of benzene rings is 1. The summed E-state index contributed by atoms with van der Waals surface area (Å²) >= 11 is 0. The molecule has 1 aromatic carbocycles. The fraction of sp³-hybridized carbons (Fsp3) is 0.500. The molecule has 0 atom stereocenters. The third kappa shape index (κ3) is 2.31. The highest BCUT2D eigenvalue weighted by molar-refractivity contribution is 6.01. The van der Waals surface area contributed by atoms with E-state index < -0.39 is 5.97 Å². The Bertz CT molecular complexity index is 684. The molecule has 21 heavy (non-hydrogen) atoms. The largest absolute Gasteiger partial charge is 0.478 e. The molecule has 0 radical (unpaired) electrons. The summed E-state index contributed by atoms with van der Waals surface area (Å²) in [4.78, 5) is 16.0. The number of fused-ring (bicyclic) bond motifs is 1. The molecule has 2 aromatic rings. The molecule has 0 spiro atoms. The number of hydrogen-bond donors (Lipinski definition) is 2. The second-order valence-corrected chi connectivity index (χ2v) is 6.09. The number of aliphatic hydroxyl groups is 1. The number of carboxylic acid groups (broad SMARTS) is 1. The molecule has 0 unspecified atom stereocenters.